The van der Waals surface area contributed by atoms with Gasteiger partial charge in [-0.1, -0.05) is 5.16 Å². The van der Waals surface area contributed by atoms with Gasteiger partial charge in [0.1, 0.15) is 11.6 Å². The predicted octanol–water partition coefficient (Wildman–Crippen LogP) is 1.30. The number of rotatable bonds is 6. The van der Waals surface area contributed by atoms with Crippen molar-refractivity contribution in [1.82, 2.24) is 35.1 Å². The molecule has 5 rings (SSSR count). The average Bonchev–Trinajstić information content (AvgIpc) is 3.50. The first-order valence-corrected chi connectivity index (χ1v) is 9.45. The Balaban J connectivity index is 1.29. The Hall–Kier alpha value is -2.29. The van der Waals surface area contributed by atoms with E-state index in [-0.39, 0.29) is 23.8 Å². The Kier molecular flexibility index (Phi) is 3.77. The molecule has 1 N–H and O–H groups in total. The van der Waals surface area contributed by atoms with Gasteiger partial charge in [-0.15, -0.1) is 10.2 Å². The van der Waals surface area contributed by atoms with Crippen molar-refractivity contribution in [3.8, 4) is 0 Å². The number of carbonyl (C=O) groups excluding carboxylic acids is 1. The van der Waals surface area contributed by atoms with Crippen LogP contribution in [0.4, 0.5) is 0 Å². The second kappa shape index (κ2) is 6.15. The van der Waals surface area contributed by atoms with Gasteiger partial charge in [-0.2, -0.15) is 4.98 Å². The summed E-state index contributed by atoms with van der Waals surface area (Å²) in [4.78, 5) is 18.7. The summed E-state index contributed by atoms with van der Waals surface area (Å²) in [7, 11) is 2.04. The van der Waals surface area contributed by atoms with Crippen molar-refractivity contribution in [3.63, 3.8) is 0 Å². The normalized spacial score (nSPS) is 23.5. The fourth-order valence-electron chi connectivity index (χ4n) is 3.63. The van der Waals surface area contributed by atoms with Crippen molar-refractivity contribution in [2.75, 3.05) is 6.54 Å². The Morgan fingerprint density at radius 3 is 2.85 bits per heavy atom. The zero-order chi connectivity index (χ0) is 17.7. The molecule has 1 amide bonds. The molecule has 3 aliphatic rings. The lowest BCUT2D eigenvalue weighted by Gasteiger charge is -2.20. The van der Waals surface area contributed by atoms with Crippen LogP contribution < -0.4 is 5.32 Å². The quantitative estimate of drug-likeness (QED) is 0.831. The van der Waals surface area contributed by atoms with Gasteiger partial charge in [0.2, 0.25) is 5.89 Å². The summed E-state index contributed by atoms with van der Waals surface area (Å²) in [6, 6.07) is 0.315. The van der Waals surface area contributed by atoms with Crippen LogP contribution in [0.15, 0.2) is 4.52 Å². The number of aromatic nitrogens is 5. The van der Waals surface area contributed by atoms with Gasteiger partial charge in [0.05, 0.1) is 12.6 Å². The maximum atomic E-state index is 12.1. The van der Waals surface area contributed by atoms with E-state index in [1.54, 1.807) is 0 Å². The van der Waals surface area contributed by atoms with Crippen LogP contribution in [0.5, 0.6) is 0 Å². The van der Waals surface area contributed by atoms with E-state index >= 15 is 0 Å². The number of carbonyl (C=O) groups is 1. The second-order valence-electron chi connectivity index (χ2n) is 7.64. The van der Waals surface area contributed by atoms with Crippen LogP contribution in [-0.4, -0.2) is 48.3 Å². The molecule has 26 heavy (non-hydrogen) atoms. The van der Waals surface area contributed by atoms with Crippen molar-refractivity contribution in [1.29, 1.82) is 0 Å². The van der Waals surface area contributed by atoms with Gasteiger partial charge >= 0.3 is 0 Å². The minimum absolute atomic E-state index is 0.0334. The highest BCUT2D eigenvalue weighted by Gasteiger charge is 2.34. The third-order valence-corrected chi connectivity index (χ3v) is 5.49. The maximum Gasteiger partial charge on any atom is 0.292 e. The third kappa shape index (κ3) is 3.00. The molecule has 0 radical (unpaired) electrons. The third-order valence-electron chi connectivity index (χ3n) is 5.49. The highest BCUT2D eigenvalue weighted by atomic mass is 16.5. The van der Waals surface area contributed by atoms with Gasteiger partial charge in [-0.05, 0) is 45.1 Å². The molecule has 1 aliphatic heterocycles. The van der Waals surface area contributed by atoms with E-state index in [2.05, 4.69) is 35.1 Å². The van der Waals surface area contributed by atoms with Crippen molar-refractivity contribution in [2.24, 2.45) is 7.05 Å². The molecule has 3 heterocycles. The van der Waals surface area contributed by atoms with Gasteiger partial charge in [-0.25, -0.2) is 0 Å². The van der Waals surface area contributed by atoms with Gasteiger partial charge in [-0.3, -0.25) is 9.69 Å². The van der Waals surface area contributed by atoms with Crippen LogP contribution in [0.25, 0.3) is 0 Å². The van der Waals surface area contributed by atoms with E-state index in [0.717, 1.165) is 43.9 Å². The maximum absolute atomic E-state index is 12.1. The summed E-state index contributed by atoms with van der Waals surface area (Å²) in [5, 5.41) is 15.5. The smallest absolute Gasteiger partial charge is 0.292 e. The van der Waals surface area contributed by atoms with Gasteiger partial charge in [0.25, 0.3) is 11.7 Å². The first-order valence-electron chi connectivity index (χ1n) is 9.45. The molecule has 1 atom stereocenters. The average molecular weight is 357 g/mol. The fraction of sp³-hybridized carbons (Fsp3) is 0.706. The number of nitrogens with zero attached hydrogens (tertiary/aromatic N) is 6. The Bertz CT molecular complexity index is 821. The van der Waals surface area contributed by atoms with Crippen LogP contribution in [0.3, 0.4) is 0 Å². The minimum atomic E-state index is -0.241. The van der Waals surface area contributed by atoms with E-state index in [0.29, 0.717) is 18.4 Å². The van der Waals surface area contributed by atoms with Gasteiger partial charge in [0, 0.05) is 19.0 Å². The first kappa shape index (κ1) is 15.9. The fourth-order valence-corrected chi connectivity index (χ4v) is 3.63. The molecule has 2 aliphatic carbocycles. The summed E-state index contributed by atoms with van der Waals surface area (Å²) in [5.41, 5.74) is 0. The number of amides is 1. The lowest BCUT2D eigenvalue weighted by Crippen LogP contribution is -2.27. The highest BCUT2D eigenvalue weighted by Crippen LogP contribution is 2.39. The molecule has 2 aromatic heterocycles. The molecule has 2 saturated carbocycles. The zero-order valence-electron chi connectivity index (χ0n) is 14.9. The molecule has 0 unspecified atom stereocenters. The standard InChI is InChI=1S/C17H23N7O2/c1-23-13(20-21-15(23)10-4-5-10)9-24-8-2-3-12(24)17-19-14(22-26-17)16(25)18-11-6-7-11/h10-12H,2-9H2,1H3,(H,18,25)/t12-/m0/s1. The SMILES string of the molecule is Cn1c(CN2CCC[C@H]2c2nc(C(=O)NC3CC3)no2)nnc1C1CC1. The topological polar surface area (TPSA) is 102 Å². The minimum Gasteiger partial charge on any atom is -0.346 e. The second-order valence-corrected chi connectivity index (χ2v) is 7.64. The van der Waals surface area contributed by atoms with Crippen molar-refractivity contribution in [3.05, 3.63) is 23.4 Å². The number of likely N-dealkylation sites (tertiary alicyclic amines) is 1. The van der Waals surface area contributed by atoms with Crippen molar-refractivity contribution in [2.45, 2.75) is 63.1 Å². The summed E-state index contributed by atoms with van der Waals surface area (Å²) >= 11 is 0. The number of hydrogen-bond donors (Lipinski definition) is 1. The van der Waals surface area contributed by atoms with E-state index in [4.69, 9.17) is 4.52 Å². The molecule has 138 valence electrons. The van der Waals surface area contributed by atoms with Crippen molar-refractivity contribution >= 4 is 5.91 Å². The van der Waals surface area contributed by atoms with Crippen LogP contribution in [-0.2, 0) is 13.6 Å². The lowest BCUT2D eigenvalue weighted by atomic mass is 10.2. The van der Waals surface area contributed by atoms with Crippen LogP contribution in [0.1, 0.15) is 78.6 Å². The van der Waals surface area contributed by atoms with Gasteiger partial charge < -0.3 is 14.4 Å². The molecule has 9 heteroatoms. The molecule has 0 bridgehead atoms. The largest absolute Gasteiger partial charge is 0.346 e. The Labute approximate surface area is 151 Å². The Morgan fingerprint density at radius 1 is 1.23 bits per heavy atom. The molecular weight excluding hydrogens is 334 g/mol. The van der Waals surface area contributed by atoms with Gasteiger partial charge in [0.15, 0.2) is 0 Å². The van der Waals surface area contributed by atoms with Crippen LogP contribution >= 0.6 is 0 Å². The van der Waals surface area contributed by atoms with E-state index in [9.17, 15) is 4.79 Å². The van der Waals surface area contributed by atoms with E-state index in [1.807, 2.05) is 7.05 Å². The summed E-state index contributed by atoms with van der Waals surface area (Å²) in [5.74, 6) is 3.05. The predicted molar refractivity (Wildman–Crippen MR) is 90.1 cm³/mol. The molecular formula is C17H23N7O2. The number of nitrogens with one attached hydrogen (secondary N) is 1. The van der Waals surface area contributed by atoms with Crippen LogP contribution in [0.2, 0.25) is 0 Å². The molecule has 1 saturated heterocycles. The molecule has 3 fully saturated rings. The first-order chi connectivity index (χ1) is 12.7. The molecule has 0 spiro atoms. The zero-order valence-corrected chi connectivity index (χ0v) is 14.9. The summed E-state index contributed by atoms with van der Waals surface area (Å²) in [6.07, 6.45) is 6.50. The van der Waals surface area contributed by atoms with Crippen molar-refractivity contribution < 1.29 is 9.32 Å². The summed E-state index contributed by atoms with van der Waals surface area (Å²) < 4.78 is 7.54. The number of hydrogen-bond acceptors (Lipinski definition) is 7. The monoisotopic (exact) mass is 357 g/mol. The molecule has 9 nitrogen and oxygen atoms in total. The molecule has 2 aromatic rings. The summed E-state index contributed by atoms with van der Waals surface area (Å²) in [6.45, 7) is 1.65. The van der Waals surface area contributed by atoms with Crippen LogP contribution in [0, 0.1) is 0 Å². The lowest BCUT2D eigenvalue weighted by molar-refractivity contribution is 0.0937. The van der Waals surface area contributed by atoms with E-state index in [1.165, 1.54) is 12.8 Å². The van der Waals surface area contributed by atoms with E-state index < -0.39 is 0 Å². The highest BCUT2D eigenvalue weighted by molar-refractivity contribution is 5.90. The Morgan fingerprint density at radius 2 is 2.08 bits per heavy atom. The molecule has 0 aromatic carbocycles.